The molecule has 2 rings (SSSR count). The minimum Gasteiger partial charge on any atom is -0.353 e. The summed E-state index contributed by atoms with van der Waals surface area (Å²) in [5.74, 6) is 0.855. The molecule has 19 heavy (non-hydrogen) atoms. The van der Waals surface area contributed by atoms with Crippen LogP contribution in [-0.4, -0.2) is 42.4 Å². The molecule has 2 fully saturated rings. The van der Waals surface area contributed by atoms with Gasteiger partial charge < -0.3 is 16.0 Å². The van der Waals surface area contributed by atoms with Crippen molar-refractivity contribution in [1.82, 2.24) is 10.2 Å². The lowest BCUT2D eigenvalue weighted by molar-refractivity contribution is -0.147. The molecule has 0 aromatic heterocycles. The Kier molecular flexibility index (Phi) is 4.80. The van der Waals surface area contributed by atoms with Crippen LogP contribution in [0, 0.1) is 11.8 Å². The molecule has 3 N–H and O–H groups in total. The van der Waals surface area contributed by atoms with Crippen molar-refractivity contribution < 1.29 is 9.59 Å². The number of piperazine rings is 1. The minimum atomic E-state index is -0.270. The van der Waals surface area contributed by atoms with Crippen LogP contribution >= 0.6 is 0 Å². The molecule has 1 heterocycles. The summed E-state index contributed by atoms with van der Waals surface area (Å²) in [4.78, 5) is 26.2. The molecule has 1 aliphatic heterocycles. The summed E-state index contributed by atoms with van der Waals surface area (Å²) >= 11 is 0. The molecule has 1 saturated carbocycles. The van der Waals surface area contributed by atoms with Crippen LogP contribution in [0.5, 0.6) is 0 Å². The van der Waals surface area contributed by atoms with Gasteiger partial charge in [0.25, 0.3) is 0 Å². The number of carbonyl (C=O) groups is 2. The summed E-state index contributed by atoms with van der Waals surface area (Å²) in [6.45, 7) is 3.92. The second-order valence-corrected chi connectivity index (χ2v) is 5.70. The number of nitrogens with two attached hydrogens (primary N) is 1. The number of amides is 2. The number of carbonyl (C=O) groups excluding carboxylic acids is 2. The first-order valence-corrected chi connectivity index (χ1v) is 7.45. The van der Waals surface area contributed by atoms with E-state index in [1.165, 1.54) is 0 Å². The predicted octanol–water partition coefficient (Wildman–Crippen LogP) is 0.489. The van der Waals surface area contributed by atoms with E-state index in [-0.39, 0.29) is 23.8 Å². The highest BCUT2D eigenvalue weighted by atomic mass is 16.2. The maximum atomic E-state index is 12.6. The van der Waals surface area contributed by atoms with Gasteiger partial charge in [-0.15, -0.1) is 0 Å². The van der Waals surface area contributed by atoms with E-state index >= 15 is 0 Å². The van der Waals surface area contributed by atoms with E-state index in [1.807, 2.05) is 6.92 Å². The maximum Gasteiger partial charge on any atom is 0.242 e. The number of rotatable bonds is 3. The fourth-order valence-electron chi connectivity index (χ4n) is 3.26. The van der Waals surface area contributed by atoms with Crippen molar-refractivity contribution >= 4 is 11.8 Å². The largest absolute Gasteiger partial charge is 0.353 e. The predicted molar refractivity (Wildman–Crippen MR) is 73.3 cm³/mol. The van der Waals surface area contributed by atoms with Crippen LogP contribution in [-0.2, 0) is 9.59 Å². The van der Waals surface area contributed by atoms with Crippen LogP contribution in [0.3, 0.4) is 0 Å². The van der Waals surface area contributed by atoms with Gasteiger partial charge in [-0.1, -0.05) is 6.92 Å². The summed E-state index contributed by atoms with van der Waals surface area (Å²) in [7, 11) is 0. The average molecular weight is 267 g/mol. The second-order valence-electron chi connectivity index (χ2n) is 5.70. The van der Waals surface area contributed by atoms with E-state index in [1.54, 1.807) is 4.90 Å². The summed E-state index contributed by atoms with van der Waals surface area (Å²) in [6, 6.07) is -0.270. The molecular weight excluding hydrogens is 242 g/mol. The van der Waals surface area contributed by atoms with Gasteiger partial charge in [-0.3, -0.25) is 9.59 Å². The van der Waals surface area contributed by atoms with E-state index in [9.17, 15) is 9.59 Å². The van der Waals surface area contributed by atoms with Gasteiger partial charge in [-0.05, 0) is 44.6 Å². The highest BCUT2D eigenvalue weighted by molar-refractivity contribution is 5.89. The molecule has 1 aliphatic carbocycles. The van der Waals surface area contributed by atoms with E-state index in [0.29, 0.717) is 25.4 Å². The fraction of sp³-hybridized carbons (Fsp3) is 0.857. The van der Waals surface area contributed by atoms with Crippen molar-refractivity contribution in [3.8, 4) is 0 Å². The first-order valence-electron chi connectivity index (χ1n) is 7.45. The lowest BCUT2D eigenvalue weighted by Gasteiger charge is -2.38. The zero-order valence-corrected chi connectivity index (χ0v) is 11.7. The number of nitrogens with zero attached hydrogens (tertiary/aromatic N) is 1. The Morgan fingerprint density at radius 1 is 1.37 bits per heavy atom. The maximum absolute atomic E-state index is 12.6. The third-order valence-corrected chi connectivity index (χ3v) is 4.53. The van der Waals surface area contributed by atoms with Gasteiger partial charge >= 0.3 is 0 Å². The number of hydrogen-bond donors (Lipinski definition) is 2. The van der Waals surface area contributed by atoms with Crippen LogP contribution in [0.4, 0.5) is 0 Å². The van der Waals surface area contributed by atoms with Gasteiger partial charge in [0.15, 0.2) is 0 Å². The zero-order chi connectivity index (χ0) is 13.8. The van der Waals surface area contributed by atoms with E-state index < -0.39 is 0 Å². The Labute approximate surface area is 114 Å². The van der Waals surface area contributed by atoms with Gasteiger partial charge in [-0.25, -0.2) is 0 Å². The summed E-state index contributed by atoms with van der Waals surface area (Å²) in [5.41, 5.74) is 5.68. The van der Waals surface area contributed by atoms with Crippen LogP contribution in [0.2, 0.25) is 0 Å². The van der Waals surface area contributed by atoms with Gasteiger partial charge in [0.1, 0.15) is 6.04 Å². The van der Waals surface area contributed by atoms with Crippen LogP contribution in [0.1, 0.15) is 39.0 Å². The summed E-state index contributed by atoms with van der Waals surface area (Å²) in [5, 5.41) is 2.84. The highest BCUT2D eigenvalue weighted by Gasteiger charge is 2.36. The van der Waals surface area contributed by atoms with E-state index in [2.05, 4.69) is 5.32 Å². The van der Waals surface area contributed by atoms with Gasteiger partial charge in [0.2, 0.25) is 11.8 Å². The lowest BCUT2D eigenvalue weighted by atomic mass is 9.81. The molecule has 1 saturated heterocycles. The lowest BCUT2D eigenvalue weighted by Crippen LogP contribution is -2.58. The molecule has 0 radical (unpaired) electrons. The Balaban J connectivity index is 1.96. The van der Waals surface area contributed by atoms with Crippen molar-refractivity contribution in [3.63, 3.8) is 0 Å². The fourth-order valence-corrected chi connectivity index (χ4v) is 3.26. The Morgan fingerprint density at radius 3 is 2.63 bits per heavy atom. The number of hydrogen-bond acceptors (Lipinski definition) is 3. The third kappa shape index (κ3) is 3.08. The van der Waals surface area contributed by atoms with Gasteiger partial charge in [-0.2, -0.15) is 0 Å². The topological polar surface area (TPSA) is 75.4 Å². The molecule has 1 unspecified atom stereocenters. The molecule has 0 aromatic rings. The smallest absolute Gasteiger partial charge is 0.242 e. The van der Waals surface area contributed by atoms with Crippen LogP contribution < -0.4 is 11.1 Å². The number of nitrogens with one attached hydrogen (secondary N) is 1. The quantitative estimate of drug-likeness (QED) is 0.781. The molecule has 0 bridgehead atoms. The van der Waals surface area contributed by atoms with Crippen LogP contribution in [0.15, 0.2) is 0 Å². The first kappa shape index (κ1) is 14.3. The highest BCUT2D eigenvalue weighted by Crippen LogP contribution is 2.30. The van der Waals surface area contributed by atoms with E-state index in [4.69, 9.17) is 5.73 Å². The van der Waals surface area contributed by atoms with Crippen molar-refractivity contribution in [2.75, 3.05) is 19.6 Å². The van der Waals surface area contributed by atoms with Crippen molar-refractivity contribution in [1.29, 1.82) is 0 Å². The van der Waals surface area contributed by atoms with Gasteiger partial charge in [0, 0.05) is 19.0 Å². The molecule has 5 nitrogen and oxygen atoms in total. The monoisotopic (exact) mass is 267 g/mol. The Hall–Kier alpha value is -1.10. The zero-order valence-electron chi connectivity index (χ0n) is 11.7. The Morgan fingerprint density at radius 2 is 2.05 bits per heavy atom. The SMILES string of the molecule is CCC1C(=O)NCCN1C(=O)C1CCC(CN)CC1. The van der Waals surface area contributed by atoms with Crippen molar-refractivity contribution in [2.24, 2.45) is 17.6 Å². The molecular formula is C14H25N3O2. The average Bonchev–Trinajstić information content (AvgIpc) is 2.46. The molecule has 108 valence electrons. The van der Waals surface area contributed by atoms with Crippen LogP contribution in [0.25, 0.3) is 0 Å². The summed E-state index contributed by atoms with van der Waals surface area (Å²) < 4.78 is 0. The van der Waals surface area contributed by atoms with E-state index in [0.717, 1.165) is 32.2 Å². The van der Waals surface area contributed by atoms with Gasteiger partial charge in [0.05, 0.1) is 0 Å². The molecule has 5 heteroatoms. The normalized spacial score (nSPS) is 32.0. The molecule has 2 aliphatic rings. The van der Waals surface area contributed by atoms with Crippen molar-refractivity contribution in [2.45, 2.75) is 45.1 Å². The molecule has 1 atom stereocenters. The standard InChI is InChI=1S/C14H25N3O2/c1-2-12-13(18)16-7-8-17(12)14(19)11-5-3-10(9-15)4-6-11/h10-12H,2-9,15H2,1H3,(H,16,18). The Bertz CT molecular complexity index is 338. The first-order chi connectivity index (χ1) is 9.17. The molecule has 2 amide bonds. The second kappa shape index (κ2) is 6.37. The molecule has 0 aromatic carbocycles. The molecule has 0 spiro atoms. The third-order valence-electron chi connectivity index (χ3n) is 4.53. The van der Waals surface area contributed by atoms with Crippen molar-refractivity contribution in [3.05, 3.63) is 0 Å². The summed E-state index contributed by atoms with van der Waals surface area (Å²) in [6.07, 6.45) is 4.63. The minimum absolute atomic E-state index is 0.00209.